The predicted octanol–water partition coefficient (Wildman–Crippen LogP) is 4.52. The molecule has 0 aliphatic heterocycles. The van der Waals surface area contributed by atoms with Crippen molar-refractivity contribution >= 4 is 21.6 Å². The third-order valence-corrected chi connectivity index (χ3v) is 4.11. The molecule has 0 atom stereocenters. The Morgan fingerprint density at radius 1 is 1.35 bits per heavy atom. The Hall–Kier alpha value is -0.500. The van der Waals surface area contributed by atoms with Gasteiger partial charge in [-0.25, -0.2) is 0 Å². The molecule has 0 spiro atoms. The molecular formula is C15H22BrN. The minimum absolute atomic E-state index is 0.954. The van der Waals surface area contributed by atoms with Crippen LogP contribution in [0.4, 0.5) is 5.69 Å². The second kappa shape index (κ2) is 5.90. The van der Waals surface area contributed by atoms with Gasteiger partial charge >= 0.3 is 0 Å². The molecule has 2 heteroatoms. The van der Waals surface area contributed by atoms with Crippen molar-refractivity contribution < 1.29 is 0 Å². The minimum atomic E-state index is 0.954. The van der Waals surface area contributed by atoms with E-state index in [1.165, 1.54) is 49.2 Å². The first-order valence-electron chi connectivity index (χ1n) is 6.65. The molecule has 1 aromatic carbocycles. The monoisotopic (exact) mass is 295 g/mol. The number of aryl methyl sites for hydroxylation is 1. The first-order chi connectivity index (χ1) is 8.24. The quantitative estimate of drug-likeness (QED) is 0.698. The third kappa shape index (κ3) is 3.48. The number of halogens is 1. The predicted molar refractivity (Wildman–Crippen MR) is 79.0 cm³/mol. The van der Waals surface area contributed by atoms with Gasteiger partial charge in [0, 0.05) is 24.1 Å². The van der Waals surface area contributed by atoms with Gasteiger partial charge < -0.3 is 4.90 Å². The summed E-state index contributed by atoms with van der Waals surface area (Å²) in [6, 6.07) is 6.88. The maximum atomic E-state index is 3.54. The van der Waals surface area contributed by atoms with E-state index in [9.17, 15) is 0 Å². The zero-order valence-corrected chi connectivity index (χ0v) is 12.5. The summed E-state index contributed by atoms with van der Waals surface area (Å²) in [6.07, 6.45) is 4.09. The van der Waals surface area contributed by atoms with Crippen LogP contribution >= 0.6 is 15.9 Å². The molecule has 0 radical (unpaired) electrons. The first-order valence-corrected chi connectivity index (χ1v) is 7.77. The molecule has 1 aromatic rings. The molecule has 0 N–H and O–H groups in total. The van der Waals surface area contributed by atoms with Crippen molar-refractivity contribution in [2.45, 2.75) is 38.4 Å². The number of benzene rings is 1. The summed E-state index contributed by atoms with van der Waals surface area (Å²) in [5, 5.41) is 0.954. The fourth-order valence-corrected chi connectivity index (χ4v) is 2.86. The van der Waals surface area contributed by atoms with Crippen LogP contribution in [-0.2, 0) is 5.33 Å². The maximum absolute atomic E-state index is 3.54. The van der Waals surface area contributed by atoms with E-state index in [1.807, 2.05) is 0 Å². The molecule has 0 amide bonds. The van der Waals surface area contributed by atoms with Crippen LogP contribution in [0.1, 0.15) is 37.3 Å². The Bertz CT molecular complexity index is 371. The Kier molecular flexibility index (Phi) is 4.49. The summed E-state index contributed by atoms with van der Waals surface area (Å²) in [4.78, 5) is 2.56. The highest BCUT2D eigenvalue weighted by atomic mass is 79.9. The number of anilines is 1. The standard InChI is InChI=1S/C15H22BrN/c1-3-8-17(11-13-4-5-13)15-7-6-14(10-16)12(2)9-15/h6-7,9,13H,3-5,8,10-11H2,1-2H3. The zero-order chi connectivity index (χ0) is 12.3. The molecule has 1 aliphatic carbocycles. The van der Waals surface area contributed by atoms with Gasteiger partial charge in [0.25, 0.3) is 0 Å². The van der Waals surface area contributed by atoms with E-state index >= 15 is 0 Å². The van der Waals surface area contributed by atoms with Gasteiger partial charge in [0.05, 0.1) is 0 Å². The van der Waals surface area contributed by atoms with Crippen molar-refractivity contribution in [1.29, 1.82) is 0 Å². The largest absolute Gasteiger partial charge is 0.371 e. The van der Waals surface area contributed by atoms with Crippen LogP contribution in [0.2, 0.25) is 0 Å². The highest BCUT2D eigenvalue weighted by molar-refractivity contribution is 9.08. The van der Waals surface area contributed by atoms with Crippen molar-refractivity contribution in [3.8, 4) is 0 Å². The molecule has 2 rings (SSSR count). The van der Waals surface area contributed by atoms with E-state index in [1.54, 1.807) is 0 Å². The van der Waals surface area contributed by atoms with Crippen LogP contribution in [-0.4, -0.2) is 13.1 Å². The van der Waals surface area contributed by atoms with Crippen molar-refractivity contribution in [1.82, 2.24) is 0 Å². The minimum Gasteiger partial charge on any atom is -0.371 e. The molecule has 0 aromatic heterocycles. The molecule has 0 saturated heterocycles. The molecule has 1 saturated carbocycles. The first kappa shape index (κ1) is 12.9. The molecule has 1 fully saturated rings. The van der Waals surface area contributed by atoms with Crippen molar-refractivity contribution in [3.63, 3.8) is 0 Å². The van der Waals surface area contributed by atoms with E-state index < -0.39 is 0 Å². The fourth-order valence-electron chi connectivity index (χ4n) is 2.23. The number of hydrogen-bond acceptors (Lipinski definition) is 1. The van der Waals surface area contributed by atoms with Crippen LogP contribution in [0, 0.1) is 12.8 Å². The van der Waals surface area contributed by atoms with Gasteiger partial charge in [-0.05, 0) is 55.4 Å². The van der Waals surface area contributed by atoms with Gasteiger partial charge in [-0.2, -0.15) is 0 Å². The highest BCUT2D eigenvalue weighted by Crippen LogP contribution is 2.32. The van der Waals surface area contributed by atoms with Gasteiger partial charge in [-0.1, -0.05) is 28.9 Å². The molecule has 0 unspecified atom stereocenters. The average Bonchev–Trinajstić information content (AvgIpc) is 3.12. The number of nitrogens with zero attached hydrogens (tertiary/aromatic N) is 1. The van der Waals surface area contributed by atoms with Crippen LogP contribution < -0.4 is 4.90 Å². The lowest BCUT2D eigenvalue weighted by Crippen LogP contribution is -2.26. The molecule has 17 heavy (non-hydrogen) atoms. The lowest BCUT2D eigenvalue weighted by Gasteiger charge is -2.25. The molecule has 1 nitrogen and oxygen atoms in total. The molecule has 1 aliphatic rings. The Labute approximate surface area is 113 Å². The van der Waals surface area contributed by atoms with E-state index in [4.69, 9.17) is 0 Å². The summed E-state index contributed by atoms with van der Waals surface area (Å²) in [5.74, 6) is 0.956. The van der Waals surface area contributed by atoms with E-state index in [0.717, 1.165) is 11.2 Å². The van der Waals surface area contributed by atoms with Crippen molar-refractivity contribution in [2.24, 2.45) is 5.92 Å². The van der Waals surface area contributed by atoms with Gasteiger partial charge in [0.15, 0.2) is 0 Å². The van der Waals surface area contributed by atoms with E-state index in [-0.39, 0.29) is 0 Å². The summed E-state index contributed by atoms with van der Waals surface area (Å²) in [7, 11) is 0. The normalized spacial score (nSPS) is 15.0. The summed E-state index contributed by atoms with van der Waals surface area (Å²) in [6.45, 7) is 6.91. The lowest BCUT2D eigenvalue weighted by molar-refractivity contribution is 0.708. The SMILES string of the molecule is CCCN(CC1CC1)c1ccc(CBr)c(C)c1. The second-order valence-electron chi connectivity index (χ2n) is 5.13. The summed E-state index contributed by atoms with van der Waals surface area (Å²) < 4.78 is 0. The van der Waals surface area contributed by atoms with Gasteiger partial charge in [-0.3, -0.25) is 0 Å². The molecule has 0 heterocycles. The van der Waals surface area contributed by atoms with Crippen LogP contribution in [0.25, 0.3) is 0 Å². The van der Waals surface area contributed by atoms with Crippen molar-refractivity contribution in [3.05, 3.63) is 29.3 Å². The van der Waals surface area contributed by atoms with Gasteiger partial charge in [0.1, 0.15) is 0 Å². The van der Waals surface area contributed by atoms with Gasteiger partial charge in [-0.15, -0.1) is 0 Å². The maximum Gasteiger partial charge on any atom is 0.0369 e. The van der Waals surface area contributed by atoms with Gasteiger partial charge in [0.2, 0.25) is 0 Å². The molecule has 94 valence electrons. The van der Waals surface area contributed by atoms with Crippen LogP contribution in [0.5, 0.6) is 0 Å². The number of hydrogen-bond donors (Lipinski definition) is 0. The lowest BCUT2D eigenvalue weighted by atomic mass is 10.1. The fraction of sp³-hybridized carbons (Fsp3) is 0.600. The Balaban J connectivity index is 2.13. The van der Waals surface area contributed by atoms with Crippen LogP contribution in [0.15, 0.2) is 18.2 Å². The highest BCUT2D eigenvalue weighted by Gasteiger charge is 2.24. The second-order valence-corrected chi connectivity index (χ2v) is 5.69. The van der Waals surface area contributed by atoms with Crippen LogP contribution in [0.3, 0.4) is 0 Å². The molecular weight excluding hydrogens is 274 g/mol. The third-order valence-electron chi connectivity index (χ3n) is 3.50. The number of alkyl halides is 1. The average molecular weight is 296 g/mol. The van der Waals surface area contributed by atoms with Crippen molar-refractivity contribution in [2.75, 3.05) is 18.0 Å². The summed E-state index contributed by atoms with van der Waals surface area (Å²) in [5.41, 5.74) is 4.20. The van der Waals surface area contributed by atoms with E-state index in [2.05, 4.69) is 52.9 Å². The zero-order valence-electron chi connectivity index (χ0n) is 10.9. The molecule has 0 bridgehead atoms. The smallest absolute Gasteiger partial charge is 0.0369 e. The number of rotatable bonds is 6. The Morgan fingerprint density at radius 3 is 2.65 bits per heavy atom. The Morgan fingerprint density at radius 2 is 2.12 bits per heavy atom. The van der Waals surface area contributed by atoms with E-state index in [0.29, 0.717) is 0 Å². The summed E-state index contributed by atoms with van der Waals surface area (Å²) >= 11 is 3.54. The topological polar surface area (TPSA) is 3.24 Å².